The molecule has 4 rings (SSSR count). The molecule has 1 N–H and O–H groups in total. The van der Waals surface area contributed by atoms with Gasteiger partial charge in [-0.1, -0.05) is 12.1 Å². The van der Waals surface area contributed by atoms with Crippen LogP contribution in [0.2, 0.25) is 0 Å². The Bertz CT molecular complexity index is 831. The maximum absolute atomic E-state index is 12.5. The molecule has 1 aromatic heterocycles. The molecule has 0 bridgehead atoms. The first-order valence-electron chi connectivity index (χ1n) is 10.3. The summed E-state index contributed by atoms with van der Waals surface area (Å²) in [4.78, 5) is 13.8. The number of aromatic nitrogens is 2. The zero-order valence-electron chi connectivity index (χ0n) is 16.6. The second-order valence-corrected chi connectivity index (χ2v) is 7.75. The van der Waals surface area contributed by atoms with E-state index in [1.165, 1.54) is 18.2 Å². The van der Waals surface area contributed by atoms with E-state index in [2.05, 4.69) is 19.5 Å². The van der Waals surface area contributed by atoms with Crippen LogP contribution < -0.4 is 14.5 Å². The first kappa shape index (κ1) is 20.7. The van der Waals surface area contributed by atoms with Crippen LogP contribution in [0.15, 0.2) is 30.3 Å². The first-order chi connectivity index (χ1) is 14.4. The molecule has 9 heteroatoms. The summed E-state index contributed by atoms with van der Waals surface area (Å²) in [6, 6.07) is 7.32. The van der Waals surface area contributed by atoms with Crippen LogP contribution in [0.5, 0.6) is 5.75 Å². The van der Waals surface area contributed by atoms with Gasteiger partial charge >= 0.3 is 6.36 Å². The number of rotatable bonds is 6. The third kappa shape index (κ3) is 5.13. The second-order valence-electron chi connectivity index (χ2n) is 7.75. The van der Waals surface area contributed by atoms with Crippen LogP contribution in [0.25, 0.3) is 0 Å². The lowest BCUT2D eigenvalue weighted by Crippen LogP contribution is -2.25. The fourth-order valence-electron chi connectivity index (χ4n) is 3.98. The van der Waals surface area contributed by atoms with Gasteiger partial charge in [0.1, 0.15) is 11.6 Å². The molecule has 2 saturated heterocycles. The summed E-state index contributed by atoms with van der Waals surface area (Å²) < 4.78 is 41.4. The molecule has 0 saturated carbocycles. The van der Waals surface area contributed by atoms with Crippen LogP contribution in [0.4, 0.5) is 24.9 Å². The molecule has 0 spiro atoms. The van der Waals surface area contributed by atoms with Gasteiger partial charge in [0.15, 0.2) is 0 Å². The van der Waals surface area contributed by atoms with Crippen molar-refractivity contribution in [2.24, 2.45) is 0 Å². The van der Waals surface area contributed by atoms with Gasteiger partial charge in [-0.15, -0.1) is 13.2 Å². The summed E-state index contributed by atoms with van der Waals surface area (Å²) in [5.74, 6) is 1.16. The lowest BCUT2D eigenvalue weighted by Gasteiger charge is -2.22. The first-order valence-corrected chi connectivity index (χ1v) is 10.3. The number of aliphatic hydroxyl groups excluding tert-OH is 1. The molecule has 2 aromatic rings. The van der Waals surface area contributed by atoms with Crippen molar-refractivity contribution in [1.29, 1.82) is 0 Å². The summed E-state index contributed by atoms with van der Waals surface area (Å²) >= 11 is 0. The second kappa shape index (κ2) is 8.67. The fourth-order valence-corrected chi connectivity index (χ4v) is 3.98. The summed E-state index contributed by atoms with van der Waals surface area (Å²) in [7, 11) is 0. The van der Waals surface area contributed by atoms with E-state index in [-0.39, 0.29) is 12.2 Å². The predicted molar refractivity (Wildman–Crippen MR) is 107 cm³/mol. The maximum Gasteiger partial charge on any atom is 0.573 e. The number of aliphatic hydroxyl groups is 1. The number of benzene rings is 1. The van der Waals surface area contributed by atoms with Crippen LogP contribution in [0.3, 0.4) is 0 Å². The monoisotopic (exact) mass is 422 g/mol. The Kier molecular flexibility index (Phi) is 5.99. The topological polar surface area (TPSA) is 61.7 Å². The van der Waals surface area contributed by atoms with Crippen molar-refractivity contribution < 1.29 is 23.0 Å². The van der Waals surface area contributed by atoms with Crippen LogP contribution in [0.1, 0.15) is 43.0 Å². The van der Waals surface area contributed by atoms with Gasteiger partial charge in [0.05, 0.1) is 11.8 Å². The molecule has 30 heavy (non-hydrogen) atoms. The van der Waals surface area contributed by atoms with E-state index >= 15 is 0 Å². The smallest absolute Gasteiger partial charge is 0.406 e. The van der Waals surface area contributed by atoms with Gasteiger partial charge in [-0.05, 0) is 43.4 Å². The molecule has 0 amide bonds. The van der Waals surface area contributed by atoms with Crippen molar-refractivity contribution in [3.8, 4) is 5.75 Å². The van der Waals surface area contributed by atoms with Gasteiger partial charge in [0.2, 0.25) is 5.95 Å². The number of alkyl halides is 3. The van der Waals surface area contributed by atoms with Crippen LogP contribution in [0, 0.1) is 0 Å². The minimum Gasteiger partial charge on any atom is -0.406 e. The molecular formula is C21H25F3N4O2. The quantitative estimate of drug-likeness (QED) is 0.763. The lowest BCUT2D eigenvalue weighted by atomic mass is 10.0. The Hall–Kier alpha value is -2.55. The molecule has 1 unspecified atom stereocenters. The minimum absolute atomic E-state index is 0.180. The Morgan fingerprint density at radius 1 is 0.967 bits per heavy atom. The number of anilines is 2. The normalized spacial score (nSPS) is 18.1. The Balaban J connectivity index is 1.56. The molecule has 2 aliphatic rings. The predicted octanol–water partition coefficient (Wildman–Crippen LogP) is 3.85. The zero-order valence-corrected chi connectivity index (χ0v) is 16.6. The Morgan fingerprint density at radius 2 is 1.63 bits per heavy atom. The van der Waals surface area contributed by atoms with Crippen molar-refractivity contribution in [3.05, 3.63) is 41.6 Å². The zero-order chi connectivity index (χ0) is 21.1. The third-order valence-corrected chi connectivity index (χ3v) is 5.45. The van der Waals surface area contributed by atoms with Crippen molar-refractivity contribution >= 4 is 11.8 Å². The molecule has 3 heterocycles. The van der Waals surface area contributed by atoms with Crippen LogP contribution >= 0.6 is 0 Å². The van der Waals surface area contributed by atoms with Gasteiger partial charge in [0, 0.05) is 38.7 Å². The SMILES string of the molecule is OC(Cc1cc(N2CCCC2)nc(N2CCCC2)n1)c1cccc(OC(F)(F)F)c1. The number of nitrogens with zero attached hydrogens (tertiary/aromatic N) is 4. The third-order valence-electron chi connectivity index (χ3n) is 5.45. The molecule has 6 nitrogen and oxygen atoms in total. The minimum atomic E-state index is -4.77. The molecular weight excluding hydrogens is 397 g/mol. The lowest BCUT2D eigenvalue weighted by molar-refractivity contribution is -0.274. The number of halogens is 3. The van der Waals surface area contributed by atoms with E-state index in [1.807, 2.05) is 6.07 Å². The van der Waals surface area contributed by atoms with E-state index in [9.17, 15) is 18.3 Å². The highest BCUT2D eigenvalue weighted by atomic mass is 19.4. The van der Waals surface area contributed by atoms with Crippen molar-refractivity contribution in [1.82, 2.24) is 9.97 Å². The molecule has 1 aromatic carbocycles. The fraction of sp³-hybridized carbons (Fsp3) is 0.524. The van der Waals surface area contributed by atoms with Crippen molar-refractivity contribution in [2.45, 2.75) is 44.6 Å². The molecule has 1 atom stereocenters. The van der Waals surface area contributed by atoms with Crippen molar-refractivity contribution in [3.63, 3.8) is 0 Å². The molecule has 0 aliphatic carbocycles. The standard InChI is InChI=1S/C21H25F3N4O2/c22-21(23,24)30-17-7-5-6-15(12-17)18(29)13-16-14-19(27-8-1-2-9-27)26-20(25-16)28-10-3-4-11-28/h5-7,12,14,18,29H,1-4,8-11,13H2. The number of hydrogen-bond acceptors (Lipinski definition) is 6. The summed E-state index contributed by atoms with van der Waals surface area (Å²) in [6.07, 6.45) is -1.16. The van der Waals surface area contributed by atoms with Gasteiger partial charge in [-0.3, -0.25) is 0 Å². The van der Waals surface area contributed by atoms with E-state index in [4.69, 9.17) is 4.98 Å². The average Bonchev–Trinajstić information content (AvgIpc) is 3.41. The van der Waals surface area contributed by atoms with E-state index in [1.54, 1.807) is 6.07 Å². The van der Waals surface area contributed by atoms with E-state index in [0.29, 0.717) is 17.2 Å². The van der Waals surface area contributed by atoms with Crippen molar-refractivity contribution in [2.75, 3.05) is 36.0 Å². The van der Waals surface area contributed by atoms with Gasteiger partial charge in [0.25, 0.3) is 0 Å². The van der Waals surface area contributed by atoms with Crippen LogP contribution in [-0.4, -0.2) is 47.6 Å². The highest BCUT2D eigenvalue weighted by molar-refractivity contribution is 5.47. The molecule has 0 radical (unpaired) electrons. The van der Waals surface area contributed by atoms with E-state index < -0.39 is 12.5 Å². The van der Waals surface area contributed by atoms with Gasteiger partial charge in [-0.2, -0.15) is 4.98 Å². The molecule has 162 valence electrons. The molecule has 2 fully saturated rings. The summed E-state index contributed by atoms with van der Waals surface area (Å²) in [6.45, 7) is 3.69. The Morgan fingerprint density at radius 3 is 2.30 bits per heavy atom. The molecule has 2 aliphatic heterocycles. The largest absolute Gasteiger partial charge is 0.573 e. The number of hydrogen-bond donors (Lipinski definition) is 1. The summed E-state index contributed by atoms with van der Waals surface area (Å²) in [5.41, 5.74) is 1.02. The van der Waals surface area contributed by atoms with E-state index in [0.717, 1.165) is 57.7 Å². The van der Waals surface area contributed by atoms with Gasteiger partial charge < -0.3 is 19.6 Å². The maximum atomic E-state index is 12.5. The average molecular weight is 422 g/mol. The number of ether oxygens (including phenoxy) is 1. The summed E-state index contributed by atoms with van der Waals surface area (Å²) in [5, 5.41) is 10.7. The van der Waals surface area contributed by atoms with Crippen LogP contribution in [-0.2, 0) is 6.42 Å². The van der Waals surface area contributed by atoms with Gasteiger partial charge in [-0.25, -0.2) is 4.98 Å². The Labute approximate surface area is 173 Å². The highest BCUT2D eigenvalue weighted by Gasteiger charge is 2.31. The highest BCUT2D eigenvalue weighted by Crippen LogP contribution is 2.29.